The lowest BCUT2D eigenvalue weighted by Gasteiger charge is -2.19. The van der Waals surface area contributed by atoms with Gasteiger partial charge in [0.1, 0.15) is 10.8 Å². The number of thiazole rings is 1. The summed E-state index contributed by atoms with van der Waals surface area (Å²) in [6.07, 6.45) is 0.0602. The molecule has 3 rings (SSSR count). The molecule has 0 aliphatic heterocycles. The first kappa shape index (κ1) is 25.0. The SMILES string of the molecule is CCOc1ccc(-c2nc(CC(=O)NC(CC(=O)OC)c3ccc(OC)c(OC)c3)cs2)cc1. The normalized spacial score (nSPS) is 11.4. The Labute approximate surface area is 202 Å². The summed E-state index contributed by atoms with van der Waals surface area (Å²) in [5, 5.41) is 5.59. The number of benzene rings is 2. The molecule has 1 N–H and O–H groups in total. The molecule has 1 aromatic heterocycles. The standard InChI is InChI=1S/C25H28N2O6S/c1-5-33-19-9-6-16(7-10-19)25-26-18(15-34-25)13-23(28)27-20(14-24(29)32-4)17-8-11-21(30-2)22(12-17)31-3/h6-12,15,20H,5,13-14H2,1-4H3,(H,27,28). The number of nitrogens with zero attached hydrogens (tertiary/aromatic N) is 1. The van der Waals surface area contributed by atoms with Crippen LogP contribution in [0.25, 0.3) is 10.6 Å². The highest BCUT2D eigenvalue weighted by atomic mass is 32.1. The maximum atomic E-state index is 12.8. The molecule has 0 saturated carbocycles. The number of hydrogen-bond acceptors (Lipinski definition) is 8. The summed E-state index contributed by atoms with van der Waals surface area (Å²) in [7, 11) is 4.38. The number of nitrogens with one attached hydrogen (secondary N) is 1. The second kappa shape index (κ2) is 12.0. The minimum absolute atomic E-state index is 0.0216. The number of carbonyl (C=O) groups is 2. The molecule has 1 unspecified atom stereocenters. The maximum Gasteiger partial charge on any atom is 0.307 e. The van der Waals surface area contributed by atoms with Gasteiger partial charge in [-0.05, 0) is 48.9 Å². The first-order valence-electron chi connectivity index (χ1n) is 10.7. The molecule has 0 radical (unpaired) electrons. The minimum Gasteiger partial charge on any atom is -0.494 e. The van der Waals surface area contributed by atoms with Gasteiger partial charge < -0.3 is 24.3 Å². The molecule has 9 heteroatoms. The summed E-state index contributed by atoms with van der Waals surface area (Å²) >= 11 is 1.47. The van der Waals surface area contributed by atoms with E-state index in [0.29, 0.717) is 29.4 Å². The van der Waals surface area contributed by atoms with Crippen molar-refractivity contribution in [1.29, 1.82) is 0 Å². The van der Waals surface area contributed by atoms with Crippen LogP contribution in [0.3, 0.4) is 0 Å². The largest absolute Gasteiger partial charge is 0.494 e. The number of ether oxygens (including phenoxy) is 4. The highest BCUT2D eigenvalue weighted by Crippen LogP contribution is 2.31. The van der Waals surface area contributed by atoms with Gasteiger partial charge in [-0.15, -0.1) is 11.3 Å². The number of carbonyl (C=O) groups excluding carboxylic acids is 2. The number of aromatic nitrogens is 1. The Hall–Kier alpha value is -3.59. The molecule has 0 spiro atoms. The average molecular weight is 485 g/mol. The number of methoxy groups -OCH3 is 3. The molecule has 8 nitrogen and oxygen atoms in total. The van der Waals surface area contributed by atoms with Gasteiger partial charge in [0.2, 0.25) is 5.91 Å². The summed E-state index contributed by atoms with van der Waals surface area (Å²) in [6.45, 7) is 2.54. The zero-order valence-corrected chi connectivity index (χ0v) is 20.4. The van der Waals surface area contributed by atoms with Gasteiger partial charge in [0.05, 0.1) is 52.5 Å². The predicted molar refractivity (Wildman–Crippen MR) is 129 cm³/mol. The van der Waals surface area contributed by atoms with Gasteiger partial charge in [-0.3, -0.25) is 9.59 Å². The summed E-state index contributed by atoms with van der Waals surface area (Å²) in [6, 6.07) is 12.3. The summed E-state index contributed by atoms with van der Waals surface area (Å²) in [5.41, 5.74) is 2.30. The monoisotopic (exact) mass is 484 g/mol. The fraction of sp³-hybridized carbons (Fsp3) is 0.320. The molecule has 0 saturated heterocycles. The van der Waals surface area contributed by atoms with Gasteiger partial charge in [-0.25, -0.2) is 4.98 Å². The maximum absolute atomic E-state index is 12.8. The third-order valence-electron chi connectivity index (χ3n) is 5.05. The Balaban J connectivity index is 1.72. The van der Waals surface area contributed by atoms with Gasteiger partial charge in [0.15, 0.2) is 11.5 Å². The minimum atomic E-state index is -0.594. The molecule has 1 heterocycles. The highest BCUT2D eigenvalue weighted by molar-refractivity contribution is 7.13. The molecule has 34 heavy (non-hydrogen) atoms. The highest BCUT2D eigenvalue weighted by Gasteiger charge is 2.21. The van der Waals surface area contributed by atoms with E-state index in [4.69, 9.17) is 18.9 Å². The van der Waals surface area contributed by atoms with E-state index in [9.17, 15) is 9.59 Å². The lowest BCUT2D eigenvalue weighted by Crippen LogP contribution is -2.31. The van der Waals surface area contributed by atoms with Crippen molar-refractivity contribution in [3.05, 3.63) is 59.1 Å². The summed E-state index contributed by atoms with van der Waals surface area (Å²) in [4.78, 5) is 29.4. The van der Waals surface area contributed by atoms with Crippen LogP contribution < -0.4 is 19.5 Å². The second-order valence-electron chi connectivity index (χ2n) is 7.29. The van der Waals surface area contributed by atoms with Gasteiger partial charge in [0.25, 0.3) is 0 Å². The Bertz CT molecular complexity index is 1110. The van der Waals surface area contributed by atoms with E-state index in [2.05, 4.69) is 10.3 Å². The van der Waals surface area contributed by atoms with Crippen LogP contribution in [0.5, 0.6) is 17.2 Å². The molecule has 3 aromatic rings. The third-order valence-corrected chi connectivity index (χ3v) is 5.99. The zero-order valence-electron chi connectivity index (χ0n) is 19.6. The van der Waals surface area contributed by atoms with Gasteiger partial charge in [-0.1, -0.05) is 6.07 Å². The first-order valence-corrected chi connectivity index (χ1v) is 11.6. The van der Waals surface area contributed by atoms with Crippen LogP contribution >= 0.6 is 11.3 Å². The van der Waals surface area contributed by atoms with E-state index in [1.54, 1.807) is 25.3 Å². The molecule has 0 fully saturated rings. The van der Waals surface area contributed by atoms with Gasteiger partial charge in [-0.2, -0.15) is 0 Å². The number of hydrogen-bond donors (Lipinski definition) is 1. The lowest BCUT2D eigenvalue weighted by molar-refractivity contribution is -0.141. The Kier molecular flexibility index (Phi) is 8.86. The van der Waals surface area contributed by atoms with E-state index in [0.717, 1.165) is 16.3 Å². The summed E-state index contributed by atoms with van der Waals surface area (Å²) in [5.74, 6) is 1.16. The van der Waals surface area contributed by atoms with Gasteiger partial charge >= 0.3 is 5.97 Å². The van der Waals surface area contributed by atoms with E-state index in [1.165, 1.54) is 25.6 Å². The number of amides is 1. The quantitative estimate of drug-likeness (QED) is 0.408. The molecule has 180 valence electrons. The van der Waals surface area contributed by atoms with E-state index < -0.39 is 12.0 Å². The molecule has 0 aliphatic carbocycles. The molecule has 2 aromatic carbocycles. The van der Waals surface area contributed by atoms with Crippen LogP contribution in [-0.4, -0.2) is 44.8 Å². The zero-order chi connectivity index (χ0) is 24.5. The topological polar surface area (TPSA) is 96.0 Å². The van der Waals surface area contributed by atoms with Crippen molar-refractivity contribution in [2.45, 2.75) is 25.8 Å². The molecular weight excluding hydrogens is 456 g/mol. The van der Waals surface area contributed by atoms with Crippen molar-refractivity contribution in [2.24, 2.45) is 0 Å². The molecular formula is C25H28N2O6S. The van der Waals surface area contributed by atoms with E-state index in [-0.39, 0.29) is 18.7 Å². The fourth-order valence-corrected chi connectivity index (χ4v) is 4.19. The van der Waals surface area contributed by atoms with Crippen molar-refractivity contribution >= 4 is 23.2 Å². The smallest absolute Gasteiger partial charge is 0.307 e. The van der Waals surface area contributed by atoms with Crippen molar-refractivity contribution < 1.29 is 28.5 Å². The van der Waals surface area contributed by atoms with Gasteiger partial charge in [0, 0.05) is 10.9 Å². The number of rotatable bonds is 11. The van der Waals surface area contributed by atoms with Crippen LogP contribution in [0.15, 0.2) is 47.8 Å². The Morgan fingerprint density at radius 2 is 1.76 bits per heavy atom. The van der Waals surface area contributed by atoms with Crippen LogP contribution in [0, 0.1) is 0 Å². The van der Waals surface area contributed by atoms with Crippen molar-refractivity contribution in [3.63, 3.8) is 0 Å². The van der Waals surface area contributed by atoms with Crippen molar-refractivity contribution in [1.82, 2.24) is 10.3 Å². The van der Waals surface area contributed by atoms with Crippen LogP contribution in [0.4, 0.5) is 0 Å². The van der Waals surface area contributed by atoms with Crippen LogP contribution in [0.1, 0.15) is 30.6 Å². The van der Waals surface area contributed by atoms with Crippen LogP contribution in [0.2, 0.25) is 0 Å². The van der Waals surface area contributed by atoms with Crippen molar-refractivity contribution in [3.8, 4) is 27.8 Å². The fourth-order valence-electron chi connectivity index (χ4n) is 3.36. The molecule has 1 amide bonds. The average Bonchev–Trinajstić information content (AvgIpc) is 3.31. The predicted octanol–water partition coefficient (Wildman–Crippen LogP) is 4.19. The van der Waals surface area contributed by atoms with E-state index in [1.807, 2.05) is 36.6 Å². The first-order chi connectivity index (χ1) is 16.5. The Morgan fingerprint density at radius 3 is 2.41 bits per heavy atom. The van der Waals surface area contributed by atoms with Crippen molar-refractivity contribution in [2.75, 3.05) is 27.9 Å². The summed E-state index contributed by atoms with van der Waals surface area (Å²) < 4.78 is 20.9. The second-order valence-corrected chi connectivity index (χ2v) is 8.15. The lowest BCUT2D eigenvalue weighted by atomic mass is 10.0. The van der Waals surface area contributed by atoms with Crippen LogP contribution in [-0.2, 0) is 20.7 Å². The molecule has 1 atom stereocenters. The molecule has 0 bridgehead atoms. The third kappa shape index (κ3) is 6.48. The molecule has 0 aliphatic rings. The Morgan fingerprint density at radius 1 is 1.03 bits per heavy atom. The number of esters is 1. The van der Waals surface area contributed by atoms with E-state index >= 15 is 0 Å².